The van der Waals surface area contributed by atoms with Crippen LogP contribution in [0.15, 0.2) is 41.3 Å². The van der Waals surface area contributed by atoms with Gasteiger partial charge in [-0.05, 0) is 23.8 Å². The van der Waals surface area contributed by atoms with E-state index < -0.39 is 11.7 Å². The van der Waals surface area contributed by atoms with Crippen LogP contribution in [0.1, 0.15) is 12.0 Å². The van der Waals surface area contributed by atoms with Gasteiger partial charge < -0.3 is 4.90 Å². The Kier molecular flexibility index (Phi) is 5.01. The van der Waals surface area contributed by atoms with E-state index in [-0.39, 0.29) is 24.6 Å². The molecule has 9 heteroatoms. The van der Waals surface area contributed by atoms with Gasteiger partial charge in [-0.25, -0.2) is 9.78 Å². The minimum atomic E-state index is -4.45. The molecule has 0 saturated heterocycles. The highest BCUT2D eigenvalue weighted by molar-refractivity contribution is 5.79. The maximum Gasteiger partial charge on any atom is 0.416 e. The van der Waals surface area contributed by atoms with E-state index >= 15 is 0 Å². The summed E-state index contributed by atoms with van der Waals surface area (Å²) < 4.78 is 41.8. The molecule has 1 aromatic carbocycles. The van der Waals surface area contributed by atoms with E-state index in [0.717, 1.165) is 12.1 Å². The molecule has 0 radical (unpaired) electrons. The molecule has 1 amide bonds. The van der Waals surface area contributed by atoms with Crippen molar-refractivity contribution < 1.29 is 18.0 Å². The molecule has 0 aliphatic rings. The van der Waals surface area contributed by atoms with E-state index in [9.17, 15) is 22.8 Å². The zero-order valence-electron chi connectivity index (χ0n) is 15.6. The summed E-state index contributed by atoms with van der Waals surface area (Å²) in [6, 6.07) is 6.55. The third-order valence-electron chi connectivity index (χ3n) is 4.54. The summed E-state index contributed by atoms with van der Waals surface area (Å²) in [6.07, 6.45) is -2.89. The van der Waals surface area contributed by atoms with E-state index in [1.165, 1.54) is 26.3 Å². The number of fused-ring (bicyclic) bond motifs is 1. The first-order chi connectivity index (χ1) is 13.1. The van der Waals surface area contributed by atoms with Crippen molar-refractivity contribution in [1.29, 1.82) is 0 Å². The number of nitrogens with zero attached hydrogens (tertiary/aromatic N) is 4. The van der Waals surface area contributed by atoms with Crippen LogP contribution in [0.25, 0.3) is 22.3 Å². The number of benzene rings is 1. The molecule has 148 valence electrons. The molecule has 0 bridgehead atoms. The number of pyridine rings is 1. The molecule has 0 N–H and O–H groups in total. The van der Waals surface area contributed by atoms with E-state index in [0.29, 0.717) is 22.3 Å². The van der Waals surface area contributed by atoms with E-state index in [1.54, 1.807) is 33.3 Å². The summed E-state index contributed by atoms with van der Waals surface area (Å²) in [5.74, 6) is -0.133. The highest BCUT2D eigenvalue weighted by Crippen LogP contribution is 2.32. The Balaban J connectivity index is 2.07. The molecule has 3 rings (SSSR count). The van der Waals surface area contributed by atoms with Gasteiger partial charge in [0.25, 0.3) is 0 Å². The van der Waals surface area contributed by atoms with Crippen molar-refractivity contribution in [2.24, 2.45) is 7.05 Å². The Morgan fingerprint density at radius 2 is 1.89 bits per heavy atom. The summed E-state index contributed by atoms with van der Waals surface area (Å²) in [4.78, 5) is 30.1. The zero-order chi connectivity index (χ0) is 20.6. The molecule has 0 fully saturated rings. The largest absolute Gasteiger partial charge is 0.416 e. The second kappa shape index (κ2) is 7.14. The fraction of sp³-hybridized carbons (Fsp3) is 0.316. The molecular weight excluding hydrogens is 373 g/mol. The zero-order valence-corrected chi connectivity index (χ0v) is 15.6. The minimum absolute atomic E-state index is 0.125. The van der Waals surface area contributed by atoms with Crippen LogP contribution in [0.4, 0.5) is 13.2 Å². The maximum absolute atomic E-state index is 13.0. The first-order valence-electron chi connectivity index (χ1n) is 8.52. The Morgan fingerprint density at radius 3 is 2.54 bits per heavy atom. The van der Waals surface area contributed by atoms with Crippen LogP contribution in [0.2, 0.25) is 0 Å². The minimum Gasteiger partial charge on any atom is -0.349 e. The topological polar surface area (TPSA) is 60.1 Å². The summed E-state index contributed by atoms with van der Waals surface area (Å²) >= 11 is 0. The summed E-state index contributed by atoms with van der Waals surface area (Å²) in [7, 11) is 4.81. The van der Waals surface area contributed by atoms with Gasteiger partial charge in [0.1, 0.15) is 0 Å². The van der Waals surface area contributed by atoms with Gasteiger partial charge in [-0.15, -0.1) is 0 Å². The number of carbonyl (C=O) groups excluding carboxylic acids is 1. The predicted octanol–water partition coefficient (Wildman–Crippen LogP) is 2.90. The lowest BCUT2D eigenvalue weighted by atomic mass is 10.0. The Morgan fingerprint density at radius 1 is 1.18 bits per heavy atom. The predicted molar refractivity (Wildman–Crippen MR) is 98.7 cm³/mol. The number of hydrogen-bond acceptors (Lipinski definition) is 3. The second-order valence-electron chi connectivity index (χ2n) is 6.68. The van der Waals surface area contributed by atoms with Gasteiger partial charge in [0, 0.05) is 45.9 Å². The van der Waals surface area contributed by atoms with Crippen LogP contribution in [-0.2, 0) is 24.6 Å². The molecule has 2 aromatic heterocycles. The third-order valence-corrected chi connectivity index (χ3v) is 4.54. The highest BCUT2D eigenvalue weighted by atomic mass is 19.4. The molecule has 0 spiro atoms. The van der Waals surface area contributed by atoms with Gasteiger partial charge in [0.15, 0.2) is 5.65 Å². The molecule has 0 saturated carbocycles. The van der Waals surface area contributed by atoms with Crippen LogP contribution >= 0.6 is 0 Å². The van der Waals surface area contributed by atoms with Crippen LogP contribution < -0.4 is 5.69 Å². The number of alkyl halides is 3. The van der Waals surface area contributed by atoms with Gasteiger partial charge in [-0.1, -0.05) is 12.1 Å². The van der Waals surface area contributed by atoms with Gasteiger partial charge >= 0.3 is 11.9 Å². The number of aryl methyl sites for hydroxylation is 2. The van der Waals surface area contributed by atoms with E-state index in [1.807, 2.05) is 0 Å². The lowest BCUT2D eigenvalue weighted by Crippen LogP contribution is -2.27. The Hall–Kier alpha value is -3.10. The normalized spacial score (nSPS) is 11.8. The average molecular weight is 392 g/mol. The number of aromatic nitrogens is 3. The van der Waals surface area contributed by atoms with Crippen molar-refractivity contribution in [3.8, 4) is 11.1 Å². The van der Waals surface area contributed by atoms with Crippen molar-refractivity contribution in [3.05, 3.63) is 52.6 Å². The van der Waals surface area contributed by atoms with Crippen LogP contribution in [0.5, 0.6) is 0 Å². The van der Waals surface area contributed by atoms with E-state index in [2.05, 4.69) is 4.98 Å². The SMILES string of the molecule is CN(C)C(=O)CCn1c(=O)n(C)c2ncc(-c3cccc(C(F)(F)F)c3)cc21. The van der Waals surface area contributed by atoms with Crippen molar-refractivity contribution in [1.82, 2.24) is 19.0 Å². The first kappa shape index (κ1) is 19.7. The molecule has 3 aromatic rings. The summed E-state index contributed by atoms with van der Waals surface area (Å²) in [5.41, 5.74) is 0.572. The van der Waals surface area contributed by atoms with E-state index in [4.69, 9.17) is 0 Å². The fourth-order valence-electron chi connectivity index (χ4n) is 2.96. The Bertz CT molecular complexity index is 1100. The smallest absolute Gasteiger partial charge is 0.349 e. The quantitative estimate of drug-likeness (QED) is 0.686. The van der Waals surface area contributed by atoms with Gasteiger partial charge in [-0.3, -0.25) is 13.9 Å². The number of halogens is 3. The highest BCUT2D eigenvalue weighted by Gasteiger charge is 2.30. The molecule has 0 aliphatic carbocycles. The molecular formula is C19H19F3N4O2. The van der Waals surface area contributed by atoms with Gasteiger partial charge in [0.2, 0.25) is 5.91 Å². The molecule has 2 heterocycles. The maximum atomic E-state index is 13.0. The van der Waals surface area contributed by atoms with Crippen molar-refractivity contribution >= 4 is 17.1 Å². The number of hydrogen-bond donors (Lipinski definition) is 0. The lowest BCUT2D eigenvalue weighted by Gasteiger charge is -2.11. The number of amides is 1. The first-order valence-corrected chi connectivity index (χ1v) is 8.52. The van der Waals surface area contributed by atoms with Crippen molar-refractivity contribution in [2.75, 3.05) is 14.1 Å². The second-order valence-corrected chi connectivity index (χ2v) is 6.68. The van der Waals surface area contributed by atoms with Gasteiger partial charge in [-0.2, -0.15) is 13.2 Å². The van der Waals surface area contributed by atoms with Crippen LogP contribution in [0, 0.1) is 0 Å². The summed E-state index contributed by atoms with van der Waals surface area (Å²) in [6.45, 7) is 0.154. The third kappa shape index (κ3) is 3.64. The number of rotatable bonds is 4. The monoisotopic (exact) mass is 392 g/mol. The molecule has 0 aliphatic heterocycles. The average Bonchev–Trinajstić information content (AvgIpc) is 2.89. The molecule has 28 heavy (non-hydrogen) atoms. The lowest BCUT2D eigenvalue weighted by molar-refractivity contribution is -0.137. The van der Waals surface area contributed by atoms with Crippen molar-refractivity contribution in [3.63, 3.8) is 0 Å². The number of carbonyl (C=O) groups is 1. The van der Waals surface area contributed by atoms with Crippen LogP contribution in [-0.4, -0.2) is 39.0 Å². The molecule has 6 nitrogen and oxygen atoms in total. The number of imidazole rings is 1. The van der Waals surface area contributed by atoms with Crippen molar-refractivity contribution in [2.45, 2.75) is 19.1 Å². The molecule has 0 atom stereocenters. The van der Waals surface area contributed by atoms with Crippen LogP contribution in [0.3, 0.4) is 0 Å². The fourth-order valence-corrected chi connectivity index (χ4v) is 2.96. The summed E-state index contributed by atoms with van der Waals surface area (Å²) in [5, 5.41) is 0. The standard InChI is InChI=1S/C19H19F3N4O2/c1-24(2)16(27)7-8-26-15-10-13(11-23-17(15)25(3)18(26)28)12-5-4-6-14(9-12)19(20,21)22/h4-6,9-11H,7-8H2,1-3H3. The van der Waals surface area contributed by atoms with Gasteiger partial charge in [0.05, 0.1) is 11.1 Å². The Labute approximate surface area is 158 Å². The molecule has 0 unspecified atom stereocenters.